The number of thiazole rings is 1. The highest BCUT2D eigenvalue weighted by atomic mass is 32.1. The van der Waals surface area contributed by atoms with Gasteiger partial charge in [-0.25, -0.2) is 4.98 Å². The lowest BCUT2D eigenvalue weighted by Gasteiger charge is -2.13. The zero-order valence-electron chi connectivity index (χ0n) is 9.39. The predicted octanol–water partition coefficient (Wildman–Crippen LogP) is 1.19. The van der Waals surface area contributed by atoms with Crippen LogP contribution in [0.4, 0.5) is 0 Å². The molecular formula is C11H16N4S. The standard InChI is InChI=1S/C11H16N4S/c1-12-9-2-3-14(6-9)7-10-8-15-4-5-16-11(15)13-10/h4-5,8-9,12H,2-3,6-7H2,1H3. The summed E-state index contributed by atoms with van der Waals surface area (Å²) in [5.74, 6) is 0. The van der Waals surface area contributed by atoms with Crippen LogP contribution < -0.4 is 5.32 Å². The molecule has 1 aliphatic heterocycles. The average Bonchev–Trinajstić information content (AvgIpc) is 2.92. The predicted molar refractivity (Wildman–Crippen MR) is 65.8 cm³/mol. The van der Waals surface area contributed by atoms with Crippen LogP contribution in [0.15, 0.2) is 17.8 Å². The van der Waals surface area contributed by atoms with Gasteiger partial charge in [-0.05, 0) is 13.5 Å². The van der Waals surface area contributed by atoms with Crippen LogP contribution in [-0.4, -0.2) is 40.5 Å². The maximum absolute atomic E-state index is 4.61. The lowest BCUT2D eigenvalue weighted by Crippen LogP contribution is -2.29. The largest absolute Gasteiger partial charge is 0.316 e. The third-order valence-corrected chi connectivity index (χ3v) is 3.98. The fourth-order valence-electron chi connectivity index (χ4n) is 2.29. The molecule has 1 unspecified atom stereocenters. The summed E-state index contributed by atoms with van der Waals surface area (Å²) in [5, 5.41) is 5.40. The monoisotopic (exact) mass is 236 g/mol. The van der Waals surface area contributed by atoms with E-state index in [0.29, 0.717) is 6.04 Å². The smallest absolute Gasteiger partial charge is 0.193 e. The number of hydrogen-bond acceptors (Lipinski definition) is 4. The number of likely N-dealkylation sites (N-methyl/N-ethyl adjacent to an activating group) is 1. The number of nitrogens with one attached hydrogen (secondary N) is 1. The molecule has 0 amide bonds. The number of imidazole rings is 1. The molecule has 16 heavy (non-hydrogen) atoms. The second kappa shape index (κ2) is 4.16. The molecule has 1 saturated heterocycles. The maximum atomic E-state index is 4.61. The van der Waals surface area contributed by atoms with E-state index in [2.05, 4.69) is 37.4 Å². The van der Waals surface area contributed by atoms with Gasteiger partial charge in [0.1, 0.15) is 0 Å². The maximum Gasteiger partial charge on any atom is 0.193 e. The minimum atomic E-state index is 0.656. The molecule has 3 rings (SSSR count). The van der Waals surface area contributed by atoms with E-state index in [0.717, 1.165) is 18.1 Å². The van der Waals surface area contributed by atoms with E-state index < -0.39 is 0 Å². The topological polar surface area (TPSA) is 32.6 Å². The van der Waals surface area contributed by atoms with Crippen molar-refractivity contribution in [1.29, 1.82) is 0 Å². The summed E-state index contributed by atoms with van der Waals surface area (Å²) in [4.78, 5) is 8.17. The molecule has 3 heterocycles. The van der Waals surface area contributed by atoms with Crippen LogP contribution in [0.25, 0.3) is 4.96 Å². The van der Waals surface area contributed by atoms with Crippen molar-refractivity contribution in [3.63, 3.8) is 0 Å². The Bertz CT molecular complexity index is 446. The van der Waals surface area contributed by atoms with Crippen LogP contribution in [0.3, 0.4) is 0 Å². The van der Waals surface area contributed by atoms with E-state index in [1.165, 1.54) is 18.7 Å². The Labute approximate surface area is 98.9 Å². The lowest BCUT2D eigenvalue weighted by atomic mass is 10.3. The van der Waals surface area contributed by atoms with Gasteiger partial charge in [-0.3, -0.25) is 9.30 Å². The first-order chi connectivity index (χ1) is 7.85. The van der Waals surface area contributed by atoms with Gasteiger partial charge < -0.3 is 5.32 Å². The molecule has 0 aromatic carbocycles. The van der Waals surface area contributed by atoms with Crippen LogP contribution in [0.2, 0.25) is 0 Å². The molecule has 2 aromatic rings. The summed E-state index contributed by atoms with van der Waals surface area (Å²) in [7, 11) is 2.04. The summed E-state index contributed by atoms with van der Waals surface area (Å²) >= 11 is 1.69. The molecule has 86 valence electrons. The van der Waals surface area contributed by atoms with Crippen molar-refractivity contribution in [2.45, 2.75) is 19.0 Å². The van der Waals surface area contributed by atoms with Crippen LogP contribution in [0.5, 0.6) is 0 Å². The Hall–Kier alpha value is -0.910. The highest BCUT2D eigenvalue weighted by Gasteiger charge is 2.21. The zero-order chi connectivity index (χ0) is 11.0. The molecule has 1 aliphatic rings. The zero-order valence-corrected chi connectivity index (χ0v) is 10.2. The van der Waals surface area contributed by atoms with Crippen molar-refractivity contribution in [3.8, 4) is 0 Å². The van der Waals surface area contributed by atoms with E-state index in [1.54, 1.807) is 11.3 Å². The van der Waals surface area contributed by atoms with Gasteiger partial charge in [0, 0.05) is 43.4 Å². The molecular weight excluding hydrogens is 220 g/mol. The first kappa shape index (κ1) is 10.3. The number of hydrogen-bond donors (Lipinski definition) is 1. The lowest BCUT2D eigenvalue weighted by molar-refractivity contribution is 0.319. The summed E-state index contributed by atoms with van der Waals surface area (Å²) in [6.07, 6.45) is 5.45. The van der Waals surface area contributed by atoms with E-state index >= 15 is 0 Å². The first-order valence-corrected chi connectivity index (χ1v) is 6.54. The molecule has 0 saturated carbocycles. The van der Waals surface area contributed by atoms with Crippen molar-refractivity contribution in [3.05, 3.63) is 23.5 Å². The molecule has 4 nitrogen and oxygen atoms in total. The summed E-state index contributed by atoms with van der Waals surface area (Å²) in [6.45, 7) is 3.30. The fourth-order valence-corrected chi connectivity index (χ4v) is 3.01. The minimum absolute atomic E-state index is 0.656. The average molecular weight is 236 g/mol. The van der Waals surface area contributed by atoms with Crippen molar-refractivity contribution in [2.75, 3.05) is 20.1 Å². The Kier molecular flexibility index (Phi) is 2.67. The summed E-state index contributed by atoms with van der Waals surface area (Å²) in [6, 6.07) is 0.656. The van der Waals surface area contributed by atoms with Gasteiger partial charge in [0.25, 0.3) is 0 Å². The van der Waals surface area contributed by atoms with Crippen LogP contribution in [-0.2, 0) is 6.54 Å². The van der Waals surface area contributed by atoms with Crippen molar-refractivity contribution in [1.82, 2.24) is 19.6 Å². The van der Waals surface area contributed by atoms with Crippen molar-refractivity contribution >= 4 is 16.3 Å². The summed E-state index contributed by atoms with van der Waals surface area (Å²) in [5.41, 5.74) is 1.18. The van der Waals surface area contributed by atoms with Gasteiger partial charge in [0.15, 0.2) is 4.96 Å². The van der Waals surface area contributed by atoms with Crippen molar-refractivity contribution < 1.29 is 0 Å². The second-order valence-electron chi connectivity index (χ2n) is 4.33. The minimum Gasteiger partial charge on any atom is -0.316 e. The third-order valence-electron chi connectivity index (χ3n) is 3.21. The molecule has 5 heteroatoms. The number of fused-ring (bicyclic) bond motifs is 1. The normalized spacial score (nSPS) is 22.2. The van der Waals surface area contributed by atoms with Gasteiger partial charge in [-0.1, -0.05) is 0 Å². The van der Waals surface area contributed by atoms with Gasteiger partial charge in [-0.2, -0.15) is 0 Å². The van der Waals surface area contributed by atoms with Gasteiger partial charge >= 0.3 is 0 Å². The highest BCUT2D eigenvalue weighted by molar-refractivity contribution is 7.15. The third kappa shape index (κ3) is 1.86. The SMILES string of the molecule is CNC1CCN(Cc2cn3ccsc3n2)C1. The quantitative estimate of drug-likeness (QED) is 0.869. The Morgan fingerprint density at radius 3 is 3.31 bits per heavy atom. The van der Waals surface area contributed by atoms with Crippen LogP contribution in [0.1, 0.15) is 12.1 Å². The number of likely N-dealkylation sites (tertiary alicyclic amines) is 1. The van der Waals surface area contributed by atoms with Gasteiger partial charge in [-0.15, -0.1) is 11.3 Å². The van der Waals surface area contributed by atoms with E-state index in [9.17, 15) is 0 Å². The number of nitrogens with zero attached hydrogens (tertiary/aromatic N) is 3. The summed E-state index contributed by atoms with van der Waals surface area (Å²) < 4.78 is 2.10. The molecule has 0 aliphatic carbocycles. The molecule has 1 fully saturated rings. The van der Waals surface area contributed by atoms with Crippen LogP contribution >= 0.6 is 11.3 Å². The Balaban J connectivity index is 1.69. The molecule has 1 atom stereocenters. The molecule has 0 bridgehead atoms. The molecule has 0 radical (unpaired) electrons. The molecule has 2 aromatic heterocycles. The Morgan fingerprint density at radius 2 is 2.56 bits per heavy atom. The Morgan fingerprint density at radius 1 is 1.62 bits per heavy atom. The second-order valence-corrected chi connectivity index (χ2v) is 5.21. The highest BCUT2D eigenvalue weighted by Crippen LogP contribution is 2.15. The van der Waals surface area contributed by atoms with E-state index in [4.69, 9.17) is 0 Å². The van der Waals surface area contributed by atoms with E-state index in [-0.39, 0.29) is 0 Å². The van der Waals surface area contributed by atoms with Gasteiger partial charge in [0.2, 0.25) is 0 Å². The first-order valence-electron chi connectivity index (χ1n) is 5.66. The number of aromatic nitrogens is 2. The number of rotatable bonds is 3. The van der Waals surface area contributed by atoms with Crippen molar-refractivity contribution in [2.24, 2.45) is 0 Å². The van der Waals surface area contributed by atoms with Crippen LogP contribution in [0, 0.1) is 0 Å². The molecule has 1 N–H and O–H groups in total. The molecule has 0 spiro atoms. The fraction of sp³-hybridized carbons (Fsp3) is 0.545. The van der Waals surface area contributed by atoms with Gasteiger partial charge in [0.05, 0.1) is 5.69 Å². The van der Waals surface area contributed by atoms with E-state index in [1.807, 2.05) is 7.05 Å².